The van der Waals surface area contributed by atoms with E-state index in [0.29, 0.717) is 23.0 Å². The second-order valence-corrected chi connectivity index (χ2v) is 7.44. The molecule has 1 heterocycles. The average molecular weight is 410 g/mol. The van der Waals surface area contributed by atoms with Gasteiger partial charge in [0.05, 0.1) is 18.7 Å². The molecule has 158 valence electrons. The first kappa shape index (κ1) is 21.4. The summed E-state index contributed by atoms with van der Waals surface area (Å²) in [7, 11) is 0. The fourth-order valence-electron chi connectivity index (χ4n) is 3.11. The number of rotatable bonds is 6. The minimum Gasteiger partial charge on any atom is -0.491 e. The lowest BCUT2D eigenvalue weighted by atomic mass is 10.0. The van der Waals surface area contributed by atoms with Gasteiger partial charge in [-0.25, -0.2) is 0 Å². The van der Waals surface area contributed by atoms with E-state index in [1.165, 1.54) is 17.4 Å². The number of hydrogen-bond acceptors (Lipinski definition) is 5. The summed E-state index contributed by atoms with van der Waals surface area (Å²) in [5.41, 5.74) is 2.30. The summed E-state index contributed by atoms with van der Waals surface area (Å²) >= 11 is 0. The summed E-state index contributed by atoms with van der Waals surface area (Å²) in [5.74, 6) is -0.415. The Morgan fingerprint density at radius 2 is 1.80 bits per heavy atom. The van der Waals surface area contributed by atoms with Crippen molar-refractivity contribution in [1.29, 1.82) is 0 Å². The summed E-state index contributed by atoms with van der Waals surface area (Å²) < 4.78 is 10.8. The summed E-state index contributed by atoms with van der Waals surface area (Å²) in [6, 6.07) is 14.5. The molecule has 0 bridgehead atoms. The van der Waals surface area contributed by atoms with Gasteiger partial charge in [-0.1, -0.05) is 38.1 Å². The molecule has 1 aliphatic heterocycles. The number of para-hydroxylation sites is 2. The number of anilines is 2. The molecule has 0 fully saturated rings. The van der Waals surface area contributed by atoms with E-state index in [1.54, 1.807) is 24.3 Å². The number of carbonyl (C=O) groups excluding carboxylic acids is 3. The monoisotopic (exact) mass is 410 g/mol. The Bertz CT molecular complexity index is 923. The topological polar surface area (TPSA) is 84.9 Å². The van der Waals surface area contributed by atoms with Crippen LogP contribution in [-0.2, 0) is 19.1 Å². The first-order valence-electron chi connectivity index (χ1n) is 9.97. The van der Waals surface area contributed by atoms with Gasteiger partial charge >= 0.3 is 5.97 Å². The Labute approximate surface area is 176 Å². The van der Waals surface area contributed by atoms with E-state index < -0.39 is 18.0 Å². The predicted octanol–water partition coefficient (Wildman–Crippen LogP) is 3.50. The number of carbonyl (C=O) groups is 3. The van der Waals surface area contributed by atoms with E-state index in [-0.39, 0.29) is 25.5 Å². The first-order chi connectivity index (χ1) is 14.3. The molecule has 0 saturated heterocycles. The zero-order chi connectivity index (χ0) is 21.7. The number of amides is 2. The highest BCUT2D eigenvalue weighted by atomic mass is 16.5. The smallest absolute Gasteiger partial charge is 0.326 e. The van der Waals surface area contributed by atoms with Crippen molar-refractivity contribution in [3.63, 3.8) is 0 Å². The largest absolute Gasteiger partial charge is 0.491 e. The van der Waals surface area contributed by atoms with Crippen molar-refractivity contribution in [2.45, 2.75) is 39.2 Å². The molecule has 0 spiro atoms. The lowest BCUT2D eigenvalue weighted by molar-refractivity contribution is -0.152. The minimum absolute atomic E-state index is 0.157. The molecule has 3 rings (SSSR count). The molecular formula is C23H26N2O5. The highest BCUT2D eigenvalue weighted by Gasteiger charge is 2.27. The van der Waals surface area contributed by atoms with Crippen LogP contribution in [0.15, 0.2) is 48.5 Å². The molecule has 1 N–H and O–H groups in total. The highest BCUT2D eigenvalue weighted by Crippen LogP contribution is 2.30. The van der Waals surface area contributed by atoms with Gasteiger partial charge in [0, 0.05) is 5.69 Å². The van der Waals surface area contributed by atoms with E-state index in [4.69, 9.17) is 9.47 Å². The Morgan fingerprint density at radius 1 is 1.10 bits per heavy atom. The van der Waals surface area contributed by atoms with Crippen LogP contribution in [0.4, 0.5) is 11.4 Å². The maximum Gasteiger partial charge on any atom is 0.326 e. The molecule has 0 aromatic heterocycles. The molecule has 2 aromatic carbocycles. The van der Waals surface area contributed by atoms with Crippen molar-refractivity contribution in [2.75, 3.05) is 23.4 Å². The highest BCUT2D eigenvalue weighted by molar-refractivity contribution is 6.00. The first-order valence-corrected chi connectivity index (χ1v) is 9.97. The van der Waals surface area contributed by atoms with Gasteiger partial charge < -0.3 is 14.8 Å². The van der Waals surface area contributed by atoms with Crippen LogP contribution in [-0.4, -0.2) is 37.0 Å². The van der Waals surface area contributed by atoms with Crippen molar-refractivity contribution >= 4 is 29.2 Å². The number of ether oxygens (including phenoxy) is 2. The molecule has 1 atom stereocenters. The Kier molecular flexibility index (Phi) is 6.72. The van der Waals surface area contributed by atoms with Gasteiger partial charge in [-0.2, -0.15) is 0 Å². The van der Waals surface area contributed by atoms with E-state index in [1.807, 2.05) is 24.3 Å². The van der Waals surface area contributed by atoms with Crippen LogP contribution in [0.5, 0.6) is 5.75 Å². The molecule has 7 heteroatoms. The van der Waals surface area contributed by atoms with Gasteiger partial charge in [0.2, 0.25) is 5.91 Å². The molecule has 7 nitrogen and oxygen atoms in total. The van der Waals surface area contributed by atoms with E-state index in [0.717, 1.165) is 0 Å². The molecule has 1 aliphatic rings. The molecule has 0 aliphatic carbocycles. The quantitative estimate of drug-likeness (QED) is 0.737. The summed E-state index contributed by atoms with van der Waals surface area (Å²) in [4.78, 5) is 38.6. The second-order valence-electron chi connectivity index (χ2n) is 7.44. The summed E-state index contributed by atoms with van der Waals surface area (Å²) in [6.45, 7) is 5.64. The molecule has 2 aromatic rings. The fraction of sp³-hybridized carbons (Fsp3) is 0.348. The fourth-order valence-corrected chi connectivity index (χ4v) is 3.11. The number of benzene rings is 2. The maximum atomic E-state index is 12.4. The van der Waals surface area contributed by atoms with Crippen molar-refractivity contribution in [2.24, 2.45) is 0 Å². The van der Waals surface area contributed by atoms with Gasteiger partial charge in [-0.15, -0.1) is 0 Å². The number of nitrogens with one attached hydrogen (secondary N) is 1. The van der Waals surface area contributed by atoms with Crippen molar-refractivity contribution in [3.8, 4) is 5.75 Å². The molecule has 30 heavy (non-hydrogen) atoms. The van der Waals surface area contributed by atoms with Crippen LogP contribution in [0.25, 0.3) is 0 Å². The number of esters is 1. The molecule has 2 amide bonds. The molecule has 0 radical (unpaired) electrons. The van der Waals surface area contributed by atoms with Gasteiger partial charge in [0.25, 0.3) is 5.91 Å². The summed E-state index contributed by atoms with van der Waals surface area (Å²) in [6.07, 6.45) is -0.847. The standard InChI is InChI=1S/C23H26N2O5/c1-15(2)17-8-10-18(11-9-17)24-23(28)16(3)30-22(27)14-25-19-6-4-5-7-20(19)29-13-12-21(25)26/h4-11,15-16H,12-14H2,1-3H3,(H,24,28)/t16-/m0/s1. The molecule has 0 saturated carbocycles. The number of hydrogen-bond donors (Lipinski definition) is 1. The minimum atomic E-state index is -1.00. The van der Waals surface area contributed by atoms with Crippen LogP contribution < -0.4 is 15.0 Å². The van der Waals surface area contributed by atoms with Gasteiger partial charge in [0.1, 0.15) is 12.3 Å². The lowest BCUT2D eigenvalue weighted by Crippen LogP contribution is -2.39. The van der Waals surface area contributed by atoms with E-state index in [2.05, 4.69) is 19.2 Å². The predicted molar refractivity (Wildman–Crippen MR) is 114 cm³/mol. The lowest BCUT2D eigenvalue weighted by Gasteiger charge is -2.22. The van der Waals surface area contributed by atoms with Crippen LogP contribution in [0.2, 0.25) is 0 Å². The third-order valence-corrected chi connectivity index (χ3v) is 4.84. The molecule has 0 unspecified atom stereocenters. The van der Waals surface area contributed by atoms with Crippen molar-refractivity contribution < 1.29 is 23.9 Å². The van der Waals surface area contributed by atoms with Crippen LogP contribution in [0.3, 0.4) is 0 Å². The van der Waals surface area contributed by atoms with Gasteiger partial charge in [0.15, 0.2) is 6.10 Å². The maximum absolute atomic E-state index is 12.4. The third-order valence-electron chi connectivity index (χ3n) is 4.84. The van der Waals surface area contributed by atoms with E-state index in [9.17, 15) is 14.4 Å². The van der Waals surface area contributed by atoms with Crippen LogP contribution in [0, 0.1) is 0 Å². The Morgan fingerprint density at radius 3 is 2.50 bits per heavy atom. The average Bonchev–Trinajstić information content (AvgIpc) is 2.87. The van der Waals surface area contributed by atoms with Crippen molar-refractivity contribution in [1.82, 2.24) is 0 Å². The second kappa shape index (κ2) is 9.43. The SMILES string of the molecule is CC(C)c1ccc(NC(=O)[C@H](C)OC(=O)CN2C(=O)CCOc3ccccc32)cc1. The third kappa shape index (κ3) is 5.17. The van der Waals surface area contributed by atoms with Crippen LogP contribution >= 0.6 is 0 Å². The van der Waals surface area contributed by atoms with E-state index >= 15 is 0 Å². The molecular weight excluding hydrogens is 384 g/mol. The Balaban J connectivity index is 1.60. The number of fused-ring (bicyclic) bond motifs is 1. The van der Waals surface area contributed by atoms with Gasteiger partial charge in [-0.3, -0.25) is 19.3 Å². The van der Waals surface area contributed by atoms with Crippen molar-refractivity contribution in [3.05, 3.63) is 54.1 Å². The normalized spacial score (nSPS) is 14.4. The number of nitrogens with zero attached hydrogens (tertiary/aromatic N) is 1. The van der Waals surface area contributed by atoms with Crippen LogP contribution in [0.1, 0.15) is 38.7 Å². The van der Waals surface area contributed by atoms with Gasteiger partial charge in [-0.05, 0) is 42.7 Å². The zero-order valence-electron chi connectivity index (χ0n) is 17.4. The Hall–Kier alpha value is -3.35. The zero-order valence-corrected chi connectivity index (χ0v) is 17.4. The summed E-state index contributed by atoms with van der Waals surface area (Å²) in [5, 5.41) is 2.73.